The number of unbranched alkanes of at least 4 members (excludes halogenated alkanes) is 2. The Morgan fingerprint density at radius 2 is 1.61 bits per heavy atom. The minimum Gasteiger partial charge on any atom is -0.368 e. The monoisotopic (exact) mass is 327 g/mol. The number of hydrogen-bond acceptors (Lipinski definition) is 4. The highest BCUT2D eigenvalue weighted by atomic mass is 16.5. The predicted octanol–water partition coefficient (Wildman–Crippen LogP) is 4.30. The van der Waals surface area contributed by atoms with Gasteiger partial charge in [-0.1, -0.05) is 40.0 Å². The second-order valence-electron chi connectivity index (χ2n) is 6.59. The molecule has 0 spiro atoms. The highest BCUT2D eigenvalue weighted by Gasteiger charge is 2.35. The summed E-state index contributed by atoms with van der Waals surface area (Å²) >= 11 is 0. The SMILES string of the molecule is [CH2]CCC(C)(OCCCC)C(=O)CCC(C)(C=O)OCCCC. The summed E-state index contributed by atoms with van der Waals surface area (Å²) in [6.45, 7) is 12.7. The molecule has 1 radical (unpaired) electrons. The molecule has 4 nitrogen and oxygen atoms in total. The Labute approximate surface area is 142 Å². The average molecular weight is 327 g/mol. The standard InChI is InChI=1S/C19H35O4/c1-6-9-14-22-18(4,16-20)13-11-17(21)19(5,12-8-3)23-15-10-7-2/h16H,3,6-15H2,1-2,4-5H3. The summed E-state index contributed by atoms with van der Waals surface area (Å²) in [7, 11) is 0. The van der Waals surface area contributed by atoms with Crippen molar-refractivity contribution in [1.82, 2.24) is 0 Å². The van der Waals surface area contributed by atoms with Gasteiger partial charge in [0.1, 0.15) is 11.2 Å². The van der Waals surface area contributed by atoms with Gasteiger partial charge in [-0.3, -0.25) is 4.79 Å². The van der Waals surface area contributed by atoms with Crippen LogP contribution in [0.2, 0.25) is 0 Å². The molecule has 135 valence electrons. The van der Waals surface area contributed by atoms with Gasteiger partial charge in [-0.05, 0) is 39.5 Å². The van der Waals surface area contributed by atoms with E-state index in [1.165, 1.54) is 0 Å². The van der Waals surface area contributed by atoms with Gasteiger partial charge in [0.25, 0.3) is 0 Å². The molecular weight excluding hydrogens is 292 g/mol. The van der Waals surface area contributed by atoms with Gasteiger partial charge >= 0.3 is 0 Å². The lowest BCUT2D eigenvalue weighted by Gasteiger charge is -2.30. The van der Waals surface area contributed by atoms with Crippen LogP contribution in [0.1, 0.15) is 79.1 Å². The second kappa shape index (κ2) is 11.7. The number of carbonyl (C=O) groups is 2. The Bertz CT molecular complexity index is 342. The summed E-state index contributed by atoms with van der Waals surface area (Å²) in [6.07, 6.45) is 6.63. The fourth-order valence-corrected chi connectivity index (χ4v) is 2.31. The van der Waals surface area contributed by atoms with Crippen molar-refractivity contribution in [3.8, 4) is 0 Å². The van der Waals surface area contributed by atoms with Crippen LogP contribution in [0.25, 0.3) is 0 Å². The van der Waals surface area contributed by atoms with Crippen LogP contribution in [-0.2, 0) is 19.1 Å². The van der Waals surface area contributed by atoms with Gasteiger partial charge in [0.2, 0.25) is 0 Å². The van der Waals surface area contributed by atoms with Crippen LogP contribution in [-0.4, -0.2) is 36.5 Å². The number of ketones is 1. The molecule has 2 atom stereocenters. The Kier molecular flexibility index (Phi) is 11.4. The van der Waals surface area contributed by atoms with Gasteiger partial charge in [0.15, 0.2) is 12.1 Å². The lowest BCUT2D eigenvalue weighted by atomic mass is 9.89. The van der Waals surface area contributed by atoms with E-state index in [-0.39, 0.29) is 12.2 Å². The Hall–Kier alpha value is -0.740. The van der Waals surface area contributed by atoms with Crippen molar-refractivity contribution in [3.63, 3.8) is 0 Å². The normalized spacial score (nSPS) is 16.6. The van der Waals surface area contributed by atoms with E-state index in [1.54, 1.807) is 6.92 Å². The molecule has 4 heteroatoms. The number of hydrogen-bond donors (Lipinski definition) is 0. The molecule has 0 saturated heterocycles. The van der Waals surface area contributed by atoms with E-state index in [1.807, 2.05) is 6.92 Å². The molecular formula is C19H35O4. The van der Waals surface area contributed by atoms with Crippen molar-refractivity contribution in [2.24, 2.45) is 0 Å². The molecule has 0 saturated carbocycles. The van der Waals surface area contributed by atoms with Crippen LogP contribution in [0.3, 0.4) is 0 Å². The smallest absolute Gasteiger partial charge is 0.164 e. The van der Waals surface area contributed by atoms with Gasteiger partial charge in [0.05, 0.1) is 0 Å². The number of carbonyl (C=O) groups excluding carboxylic acids is 2. The third-order valence-electron chi connectivity index (χ3n) is 4.19. The van der Waals surface area contributed by atoms with E-state index in [9.17, 15) is 9.59 Å². The highest BCUT2D eigenvalue weighted by Crippen LogP contribution is 2.25. The van der Waals surface area contributed by atoms with Gasteiger partial charge in [-0.2, -0.15) is 0 Å². The molecule has 23 heavy (non-hydrogen) atoms. The van der Waals surface area contributed by atoms with Crippen LogP contribution in [0.5, 0.6) is 0 Å². The lowest BCUT2D eigenvalue weighted by molar-refractivity contribution is -0.146. The average Bonchev–Trinajstić information content (AvgIpc) is 2.53. The fourth-order valence-electron chi connectivity index (χ4n) is 2.31. The van der Waals surface area contributed by atoms with Crippen LogP contribution in [0, 0.1) is 6.92 Å². The van der Waals surface area contributed by atoms with Gasteiger partial charge in [-0.25, -0.2) is 0 Å². The Morgan fingerprint density at radius 1 is 1.04 bits per heavy atom. The number of ether oxygens (including phenoxy) is 2. The molecule has 0 amide bonds. The van der Waals surface area contributed by atoms with E-state index in [0.717, 1.165) is 32.0 Å². The zero-order valence-corrected chi connectivity index (χ0v) is 15.5. The summed E-state index contributed by atoms with van der Waals surface area (Å²) in [5, 5.41) is 0. The molecule has 0 fully saturated rings. The first-order valence-corrected chi connectivity index (χ1v) is 8.94. The minimum absolute atomic E-state index is 0.0319. The molecule has 0 rings (SSSR count). The molecule has 0 aromatic heterocycles. The van der Waals surface area contributed by atoms with E-state index in [0.29, 0.717) is 32.5 Å². The summed E-state index contributed by atoms with van der Waals surface area (Å²) in [6, 6.07) is 0. The largest absolute Gasteiger partial charge is 0.368 e. The van der Waals surface area contributed by atoms with Crippen molar-refractivity contribution >= 4 is 12.1 Å². The van der Waals surface area contributed by atoms with Crippen LogP contribution >= 0.6 is 0 Å². The number of rotatable bonds is 15. The van der Waals surface area contributed by atoms with Gasteiger partial charge < -0.3 is 14.3 Å². The molecule has 0 aromatic carbocycles. The summed E-state index contributed by atoms with van der Waals surface area (Å²) < 4.78 is 11.5. The van der Waals surface area contributed by atoms with Gasteiger partial charge in [0, 0.05) is 19.6 Å². The van der Waals surface area contributed by atoms with Crippen molar-refractivity contribution in [3.05, 3.63) is 6.92 Å². The number of aldehydes is 1. The minimum atomic E-state index is -0.889. The molecule has 0 aliphatic rings. The Balaban J connectivity index is 4.61. The first-order chi connectivity index (χ1) is 10.9. The van der Waals surface area contributed by atoms with Crippen molar-refractivity contribution < 1.29 is 19.1 Å². The maximum atomic E-state index is 12.6. The van der Waals surface area contributed by atoms with Crippen molar-refractivity contribution in [2.45, 2.75) is 90.3 Å². The second-order valence-corrected chi connectivity index (χ2v) is 6.59. The Morgan fingerprint density at radius 3 is 2.09 bits per heavy atom. The zero-order valence-electron chi connectivity index (χ0n) is 15.5. The molecule has 0 aliphatic carbocycles. The maximum Gasteiger partial charge on any atom is 0.164 e. The molecule has 0 aromatic rings. The topological polar surface area (TPSA) is 52.6 Å². The summed E-state index contributed by atoms with van der Waals surface area (Å²) in [4.78, 5) is 24.0. The summed E-state index contributed by atoms with van der Waals surface area (Å²) in [5.74, 6) is 0.0319. The van der Waals surface area contributed by atoms with Gasteiger partial charge in [-0.15, -0.1) is 0 Å². The first kappa shape index (κ1) is 22.3. The fraction of sp³-hybridized carbons (Fsp3) is 0.842. The van der Waals surface area contributed by atoms with Crippen LogP contribution in [0.15, 0.2) is 0 Å². The quantitative estimate of drug-likeness (QED) is 0.332. The molecule has 0 bridgehead atoms. The maximum absolute atomic E-state index is 12.6. The highest BCUT2D eigenvalue weighted by molar-refractivity contribution is 5.87. The third kappa shape index (κ3) is 8.61. The first-order valence-electron chi connectivity index (χ1n) is 8.94. The third-order valence-corrected chi connectivity index (χ3v) is 4.19. The van der Waals surface area contributed by atoms with E-state index < -0.39 is 11.2 Å². The lowest BCUT2D eigenvalue weighted by Crippen LogP contribution is -2.41. The van der Waals surface area contributed by atoms with Crippen LogP contribution in [0.4, 0.5) is 0 Å². The molecule has 0 aliphatic heterocycles. The van der Waals surface area contributed by atoms with Crippen molar-refractivity contribution in [1.29, 1.82) is 0 Å². The molecule has 0 heterocycles. The predicted molar refractivity (Wildman–Crippen MR) is 93.4 cm³/mol. The van der Waals surface area contributed by atoms with E-state index in [4.69, 9.17) is 9.47 Å². The summed E-state index contributed by atoms with van der Waals surface area (Å²) in [5.41, 5.74) is -1.69. The number of Topliss-reactive ketones (excluding diaryl/α,β-unsaturated/α-hetero) is 1. The van der Waals surface area contributed by atoms with E-state index >= 15 is 0 Å². The van der Waals surface area contributed by atoms with Crippen LogP contribution < -0.4 is 0 Å². The zero-order chi connectivity index (χ0) is 17.8. The molecule has 2 unspecified atom stereocenters. The molecule has 0 N–H and O–H groups in total. The van der Waals surface area contributed by atoms with E-state index in [2.05, 4.69) is 20.8 Å². The van der Waals surface area contributed by atoms with Crippen molar-refractivity contribution in [2.75, 3.05) is 13.2 Å².